The Bertz CT molecular complexity index is 1680. The van der Waals surface area contributed by atoms with Crippen molar-refractivity contribution in [2.45, 2.75) is 44.7 Å². The van der Waals surface area contributed by atoms with Crippen molar-refractivity contribution in [2.24, 2.45) is 5.92 Å². The fourth-order valence-corrected chi connectivity index (χ4v) is 6.58. The summed E-state index contributed by atoms with van der Waals surface area (Å²) in [6.45, 7) is 6.20. The number of benzene rings is 4. The van der Waals surface area contributed by atoms with E-state index in [4.69, 9.17) is 16.3 Å². The van der Waals surface area contributed by atoms with Crippen molar-refractivity contribution in [1.29, 1.82) is 0 Å². The van der Waals surface area contributed by atoms with Crippen molar-refractivity contribution in [1.82, 2.24) is 10.2 Å². The van der Waals surface area contributed by atoms with Crippen molar-refractivity contribution < 1.29 is 22.7 Å². The van der Waals surface area contributed by atoms with E-state index in [1.807, 2.05) is 57.2 Å². The molecule has 242 valence electrons. The second kappa shape index (κ2) is 16.3. The highest BCUT2D eigenvalue weighted by Crippen LogP contribution is 2.27. The number of hydrogen-bond donors (Lipinski definition) is 1. The predicted octanol–water partition coefficient (Wildman–Crippen LogP) is 6.35. The van der Waals surface area contributed by atoms with Crippen LogP contribution in [0.4, 0.5) is 5.69 Å². The van der Waals surface area contributed by atoms with Gasteiger partial charge in [-0.25, -0.2) is 8.42 Å². The zero-order chi connectivity index (χ0) is 33.1. The van der Waals surface area contributed by atoms with Crippen LogP contribution >= 0.6 is 11.6 Å². The first-order valence-electron chi connectivity index (χ1n) is 15.2. The van der Waals surface area contributed by atoms with Gasteiger partial charge >= 0.3 is 0 Å². The summed E-state index contributed by atoms with van der Waals surface area (Å²) in [5.41, 5.74) is 1.85. The van der Waals surface area contributed by atoms with E-state index in [1.54, 1.807) is 60.7 Å². The number of carbonyl (C=O) groups is 2. The molecular weight excluding hydrogens is 622 g/mol. The number of anilines is 1. The molecule has 4 rings (SSSR count). The molecule has 8 nitrogen and oxygen atoms in total. The molecule has 0 heterocycles. The predicted molar refractivity (Wildman–Crippen MR) is 182 cm³/mol. The highest BCUT2D eigenvalue weighted by molar-refractivity contribution is 7.92. The van der Waals surface area contributed by atoms with Crippen molar-refractivity contribution in [3.05, 3.63) is 125 Å². The Morgan fingerprint density at radius 2 is 1.48 bits per heavy atom. The summed E-state index contributed by atoms with van der Waals surface area (Å²) >= 11 is 6.31. The maximum atomic E-state index is 14.5. The summed E-state index contributed by atoms with van der Waals surface area (Å²) in [6.07, 6.45) is 0.228. The number of nitrogens with one attached hydrogen (secondary N) is 1. The first kappa shape index (κ1) is 34.5. The monoisotopic (exact) mass is 661 g/mol. The van der Waals surface area contributed by atoms with Crippen molar-refractivity contribution in [3.63, 3.8) is 0 Å². The van der Waals surface area contributed by atoms with Crippen LogP contribution in [0.2, 0.25) is 5.02 Å². The van der Waals surface area contributed by atoms with Gasteiger partial charge in [0, 0.05) is 24.5 Å². The molecule has 10 heteroatoms. The summed E-state index contributed by atoms with van der Waals surface area (Å²) in [5.74, 6) is -0.119. The van der Waals surface area contributed by atoms with Gasteiger partial charge in [-0.15, -0.1) is 0 Å². The summed E-state index contributed by atoms with van der Waals surface area (Å²) in [5, 5.41) is 3.47. The number of ether oxygens (including phenoxy) is 1. The van der Waals surface area contributed by atoms with Crippen LogP contribution in [0.15, 0.2) is 114 Å². The van der Waals surface area contributed by atoms with E-state index >= 15 is 0 Å². The minimum absolute atomic E-state index is 0.0357. The van der Waals surface area contributed by atoms with Gasteiger partial charge in [-0.3, -0.25) is 13.9 Å². The van der Waals surface area contributed by atoms with Gasteiger partial charge in [0.05, 0.1) is 17.2 Å². The van der Waals surface area contributed by atoms with Crippen molar-refractivity contribution in [3.8, 4) is 5.75 Å². The standard InChI is InChI=1S/C36H40ClN3O5S/c1-4-45-32-20-18-31(19-21-32)40(46(43,44)33-16-9-6-10-17-33)26-35(41)39(25-29-14-11-15-30(37)22-29)34(36(42)38-24-27(2)3)23-28-12-7-5-8-13-28/h5-22,27,34H,4,23-26H2,1-3H3,(H,38,42). The van der Waals surface area contributed by atoms with Crippen LogP contribution in [-0.4, -0.2) is 50.9 Å². The van der Waals surface area contributed by atoms with E-state index in [2.05, 4.69) is 5.32 Å². The van der Waals surface area contributed by atoms with Crippen LogP contribution in [0.5, 0.6) is 5.75 Å². The highest BCUT2D eigenvalue weighted by Gasteiger charge is 2.34. The minimum Gasteiger partial charge on any atom is -0.494 e. The zero-order valence-corrected chi connectivity index (χ0v) is 27.9. The molecule has 0 aromatic heterocycles. The Kier molecular flexibility index (Phi) is 12.2. The fraction of sp³-hybridized carbons (Fsp3) is 0.278. The van der Waals surface area contributed by atoms with Gasteiger partial charge in [-0.05, 0) is 72.5 Å². The van der Waals surface area contributed by atoms with Gasteiger partial charge in [0.15, 0.2) is 0 Å². The van der Waals surface area contributed by atoms with Gasteiger partial charge in [0.2, 0.25) is 11.8 Å². The van der Waals surface area contributed by atoms with E-state index in [9.17, 15) is 18.0 Å². The lowest BCUT2D eigenvalue weighted by Crippen LogP contribution is -2.53. The molecule has 0 saturated heterocycles. The average Bonchev–Trinajstić information content (AvgIpc) is 3.05. The molecule has 1 N–H and O–H groups in total. The number of halogens is 1. The minimum atomic E-state index is -4.19. The van der Waals surface area contributed by atoms with Crippen LogP contribution < -0.4 is 14.4 Å². The third-order valence-electron chi connectivity index (χ3n) is 7.24. The Labute approximate surface area is 277 Å². The Morgan fingerprint density at radius 3 is 2.09 bits per heavy atom. The van der Waals surface area contributed by atoms with Crippen LogP contribution in [0.3, 0.4) is 0 Å². The van der Waals surface area contributed by atoms with E-state index < -0.39 is 28.5 Å². The molecule has 1 unspecified atom stereocenters. The summed E-state index contributed by atoms with van der Waals surface area (Å²) in [4.78, 5) is 29.9. The molecule has 46 heavy (non-hydrogen) atoms. The normalized spacial score (nSPS) is 11.9. The molecule has 0 fully saturated rings. The topological polar surface area (TPSA) is 96.0 Å². The maximum Gasteiger partial charge on any atom is 0.264 e. The summed E-state index contributed by atoms with van der Waals surface area (Å²) < 4.78 is 34.9. The first-order chi connectivity index (χ1) is 22.1. The fourth-order valence-electron chi connectivity index (χ4n) is 4.93. The van der Waals surface area contributed by atoms with Crippen LogP contribution in [0, 0.1) is 5.92 Å². The quantitative estimate of drug-likeness (QED) is 0.160. The number of carbonyl (C=O) groups excluding carboxylic acids is 2. The second-order valence-electron chi connectivity index (χ2n) is 11.2. The Balaban J connectivity index is 1.79. The summed E-state index contributed by atoms with van der Waals surface area (Å²) in [7, 11) is -4.19. The smallest absolute Gasteiger partial charge is 0.264 e. The second-order valence-corrected chi connectivity index (χ2v) is 13.5. The van der Waals surface area contributed by atoms with E-state index in [0.717, 1.165) is 9.87 Å². The molecule has 0 spiro atoms. The molecule has 0 aliphatic rings. The number of sulfonamides is 1. The Morgan fingerprint density at radius 1 is 0.848 bits per heavy atom. The largest absolute Gasteiger partial charge is 0.494 e. The van der Waals surface area contributed by atoms with Gasteiger partial charge in [0.1, 0.15) is 18.3 Å². The number of rotatable bonds is 15. The van der Waals surface area contributed by atoms with Gasteiger partial charge in [-0.1, -0.05) is 86.1 Å². The summed E-state index contributed by atoms with van der Waals surface area (Å²) in [6, 6.07) is 30.1. The van der Waals surface area contributed by atoms with Gasteiger partial charge in [0.25, 0.3) is 10.0 Å². The lowest BCUT2D eigenvalue weighted by Gasteiger charge is -2.34. The maximum absolute atomic E-state index is 14.5. The van der Waals surface area contributed by atoms with E-state index in [1.165, 1.54) is 17.0 Å². The van der Waals surface area contributed by atoms with Crippen LogP contribution in [0.1, 0.15) is 31.9 Å². The molecule has 0 aliphatic carbocycles. The third-order valence-corrected chi connectivity index (χ3v) is 9.27. The van der Waals surface area contributed by atoms with Gasteiger partial charge < -0.3 is 15.0 Å². The molecule has 4 aromatic carbocycles. The van der Waals surface area contributed by atoms with E-state index in [-0.39, 0.29) is 35.4 Å². The lowest BCUT2D eigenvalue weighted by molar-refractivity contribution is -0.140. The van der Waals surface area contributed by atoms with Crippen molar-refractivity contribution >= 4 is 39.1 Å². The third kappa shape index (κ3) is 9.34. The van der Waals surface area contributed by atoms with Crippen LogP contribution in [0.25, 0.3) is 0 Å². The molecule has 2 amide bonds. The molecule has 4 aromatic rings. The molecular formula is C36H40ClN3O5S. The molecule has 0 aliphatic heterocycles. The first-order valence-corrected chi connectivity index (χ1v) is 17.1. The van der Waals surface area contributed by atoms with E-state index in [0.29, 0.717) is 29.5 Å². The Hall–Kier alpha value is -4.34. The number of amides is 2. The van der Waals surface area contributed by atoms with Crippen LogP contribution in [-0.2, 0) is 32.6 Å². The van der Waals surface area contributed by atoms with Crippen molar-refractivity contribution in [2.75, 3.05) is 24.0 Å². The SMILES string of the molecule is CCOc1ccc(N(CC(=O)N(Cc2cccc(Cl)c2)C(Cc2ccccc2)C(=O)NCC(C)C)S(=O)(=O)c2ccccc2)cc1. The number of nitrogens with zero attached hydrogens (tertiary/aromatic N) is 2. The van der Waals surface area contributed by atoms with Gasteiger partial charge in [-0.2, -0.15) is 0 Å². The average molecular weight is 662 g/mol. The highest BCUT2D eigenvalue weighted by atomic mass is 35.5. The number of hydrogen-bond acceptors (Lipinski definition) is 5. The molecule has 0 saturated carbocycles. The molecule has 0 bridgehead atoms. The molecule has 1 atom stereocenters. The molecule has 0 radical (unpaired) electrons. The lowest BCUT2D eigenvalue weighted by atomic mass is 10.0. The zero-order valence-electron chi connectivity index (χ0n) is 26.3.